The van der Waals surface area contributed by atoms with Gasteiger partial charge in [-0.05, 0) is 84.8 Å². The Kier molecular flexibility index (Phi) is 9.32. The molecule has 6 aromatic heterocycles. The van der Waals surface area contributed by atoms with E-state index in [1.807, 2.05) is 24.3 Å². The SMILES string of the molecule is Cc1ccc2c(c1)c1ccc3c4ccccc4sc3c1n2-c1c(-n2c3ccccc3c3ccccc32)c(C#N)c(-n2c3ccc(-c4ccccc4)cc3c3ccc4c5ccccc5oc4c32)c(C#N)c1-n1c2ccccc2c2ccccc21. The molecule has 0 aliphatic rings. The van der Waals surface area contributed by atoms with Crippen LogP contribution in [0.4, 0.5) is 0 Å². The van der Waals surface area contributed by atoms with Crippen LogP contribution < -0.4 is 0 Å². The molecule has 0 N–H and O–H groups in total. The Labute approximate surface area is 477 Å². The molecular weight excluding hydrogens is 1030 g/mol. The minimum atomic E-state index is 0.331. The molecule has 7 nitrogen and oxygen atoms in total. The van der Waals surface area contributed by atoms with Gasteiger partial charge in [0.1, 0.15) is 28.8 Å². The minimum absolute atomic E-state index is 0.331. The Hall–Kier alpha value is -11.2. The molecule has 0 radical (unpaired) electrons. The average molecular weight is 1080 g/mol. The highest BCUT2D eigenvalue weighted by atomic mass is 32.1. The molecule has 0 unspecified atom stereocenters. The topological polar surface area (TPSA) is 80.4 Å². The zero-order valence-corrected chi connectivity index (χ0v) is 45.3. The van der Waals surface area contributed by atoms with Gasteiger partial charge in [-0.1, -0.05) is 175 Å². The first kappa shape index (κ1) is 45.7. The second-order valence-electron chi connectivity index (χ2n) is 21.8. The van der Waals surface area contributed by atoms with Crippen LogP contribution in [-0.4, -0.2) is 18.3 Å². The maximum atomic E-state index is 12.9. The second kappa shape index (κ2) is 16.9. The maximum Gasteiger partial charge on any atom is 0.160 e. The summed E-state index contributed by atoms with van der Waals surface area (Å²) in [7, 11) is 0. The van der Waals surface area contributed by atoms with Crippen LogP contribution in [-0.2, 0) is 0 Å². The molecule has 6 heterocycles. The van der Waals surface area contributed by atoms with E-state index < -0.39 is 0 Å². The Balaban J connectivity index is 1.16. The van der Waals surface area contributed by atoms with Gasteiger partial charge in [0, 0.05) is 69.3 Å². The molecule has 18 rings (SSSR count). The van der Waals surface area contributed by atoms with Gasteiger partial charge in [0.15, 0.2) is 5.58 Å². The van der Waals surface area contributed by atoms with E-state index in [-0.39, 0.29) is 0 Å². The van der Waals surface area contributed by atoms with Crippen molar-refractivity contribution in [2.45, 2.75) is 6.92 Å². The number of thiophene rings is 1. The summed E-state index contributed by atoms with van der Waals surface area (Å²) >= 11 is 1.78. The molecule has 18 aromatic rings. The number of hydrogen-bond acceptors (Lipinski definition) is 4. The fraction of sp³-hybridized carbons (Fsp3) is 0.0133. The maximum absolute atomic E-state index is 12.9. The largest absolute Gasteiger partial charge is 0.454 e. The lowest BCUT2D eigenvalue weighted by atomic mass is 9.98. The molecule has 0 amide bonds. The first-order valence-corrected chi connectivity index (χ1v) is 28.7. The van der Waals surface area contributed by atoms with Gasteiger partial charge in [-0.15, -0.1) is 11.3 Å². The van der Waals surface area contributed by atoms with Crippen molar-refractivity contribution in [1.82, 2.24) is 18.3 Å². The number of nitrogens with zero attached hydrogens (tertiary/aromatic N) is 6. The number of nitriles is 2. The van der Waals surface area contributed by atoms with E-state index in [0.29, 0.717) is 39.5 Å². The minimum Gasteiger partial charge on any atom is -0.454 e. The fourth-order valence-corrected chi connectivity index (χ4v) is 15.3. The zero-order valence-electron chi connectivity index (χ0n) is 44.5. The number of hydrogen-bond donors (Lipinski definition) is 0. The molecule has 8 heteroatoms. The molecule has 0 bridgehead atoms. The Morgan fingerprint density at radius 2 is 0.807 bits per heavy atom. The molecule has 0 saturated carbocycles. The summed E-state index contributed by atoms with van der Waals surface area (Å²) in [6, 6.07) is 89.4. The predicted octanol–water partition coefficient (Wildman–Crippen LogP) is 20.1. The van der Waals surface area contributed by atoms with Crippen LogP contribution in [0.25, 0.3) is 163 Å². The lowest BCUT2D eigenvalue weighted by molar-refractivity contribution is 0.671. The number of furan rings is 1. The highest BCUT2D eigenvalue weighted by Gasteiger charge is 2.36. The van der Waals surface area contributed by atoms with Crippen LogP contribution in [0.3, 0.4) is 0 Å². The van der Waals surface area contributed by atoms with Gasteiger partial charge in [-0.25, -0.2) is 0 Å². The van der Waals surface area contributed by atoms with Gasteiger partial charge in [0.25, 0.3) is 0 Å². The summed E-state index contributed by atoms with van der Waals surface area (Å²) in [5.74, 6) is 0. The van der Waals surface area contributed by atoms with Gasteiger partial charge < -0.3 is 22.7 Å². The first-order valence-electron chi connectivity index (χ1n) is 27.9. The van der Waals surface area contributed by atoms with E-state index in [0.717, 1.165) is 130 Å². The van der Waals surface area contributed by atoms with Crippen molar-refractivity contribution in [3.05, 3.63) is 253 Å². The van der Waals surface area contributed by atoms with Crippen molar-refractivity contribution >= 4 is 141 Å². The summed E-state index contributed by atoms with van der Waals surface area (Å²) in [6.45, 7) is 2.15. The number of aromatic nitrogens is 4. The Morgan fingerprint density at radius 3 is 1.42 bits per heavy atom. The van der Waals surface area contributed by atoms with Gasteiger partial charge in [-0.2, -0.15) is 10.5 Å². The molecular formula is C75H42N6OS. The number of para-hydroxylation sites is 5. The van der Waals surface area contributed by atoms with Crippen molar-refractivity contribution < 1.29 is 4.42 Å². The molecule has 384 valence electrons. The van der Waals surface area contributed by atoms with Crippen LogP contribution in [0.15, 0.2) is 241 Å². The standard InChI is InChI=1S/C75H42N6OS/c1-43-31-37-64-56(39-43)53-34-36-55-51-24-10-16-30-67(51)83-75(55)72(53)81(64)73-69(78-60-25-11-5-19-46(60)47-20-6-12-26-61(47)78)58(41-76)68(59(42-77)70(73)79-62-27-13-7-21-48(62)49-22-8-14-28-63(49)79)80-65-38-32-45(44-17-3-2-4-18-44)40-57(65)52-33-35-54-50-23-9-15-29-66(50)82-74(54)71(52)80/h2-40H,1H3. The van der Waals surface area contributed by atoms with E-state index >= 15 is 0 Å². The van der Waals surface area contributed by atoms with Crippen LogP contribution >= 0.6 is 11.3 Å². The van der Waals surface area contributed by atoms with Gasteiger partial charge in [-0.3, -0.25) is 0 Å². The predicted molar refractivity (Wildman–Crippen MR) is 344 cm³/mol. The van der Waals surface area contributed by atoms with Crippen molar-refractivity contribution in [2.24, 2.45) is 0 Å². The lowest BCUT2D eigenvalue weighted by Crippen LogP contribution is -2.17. The molecule has 12 aromatic carbocycles. The average Bonchev–Trinajstić information content (AvgIpc) is 2.55. The molecule has 0 aliphatic carbocycles. The van der Waals surface area contributed by atoms with E-state index in [2.05, 4.69) is 250 Å². The third-order valence-electron chi connectivity index (χ3n) is 17.5. The summed E-state index contributed by atoms with van der Waals surface area (Å²) in [5.41, 5.74) is 15.0. The summed E-state index contributed by atoms with van der Waals surface area (Å²) in [6.07, 6.45) is 0. The lowest BCUT2D eigenvalue weighted by Gasteiger charge is -2.27. The quantitative estimate of drug-likeness (QED) is 0.172. The summed E-state index contributed by atoms with van der Waals surface area (Å²) in [5, 5.41) is 38.3. The van der Waals surface area contributed by atoms with Crippen molar-refractivity contribution in [3.8, 4) is 46.0 Å². The fourth-order valence-electron chi connectivity index (χ4n) is 14.1. The normalized spacial score (nSPS) is 12.1. The zero-order chi connectivity index (χ0) is 54.8. The van der Waals surface area contributed by atoms with Crippen molar-refractivity contribution in [2.75, 3.05) is 0 Å². The van der Waals surface area contributed by atoms with Crippen molar-refractivity contribution in [3.63, 3.8) is 0 Å². The summed E-state index contributed by atoms with van der Waals surface area (Å²) < 4.78 is 18.6. The van der Waals surface area contributed by atoms with Crippen LogP contribution in [0, 0.1) is 29.6 Å². The Bertz CT molecular complexity index is 5730. The second-order valence-corrected chi connectivity index (χ2v) is 22.8. The summed E-state index contributed by atoms with van der Waals surface area (Å²) in [4.78, 5) is 0. The Morgan fingerprint density at radius 1 is 0.337 bits per heavy atom. The van der Waals surface area contributed by atoms with Gasteiger partial charge in [0.2, 0.25) is 0 Å². The van der Waals surface area contributed by atoms with Gasteiger partial charge in [0.05, 0.1) is 71.6 Å². The van der Waals surface area contributed by atoms with E-state index in [1.165, 1.54) is 10.1 Å². The molecule has 0 aliphatic heterocycles. The monoisotopic (exact) mass is 1070 g/mol. The van der Waals surface area contributed by atoms with Crippen LogP contribution in [0.1, 0.15) is 16.7 Å². The molecule has 0 fully saturated rings. The van der Waals surface area contributed by atoms with Crippen LogP contribution in [0.2, 0.25) is 0 Å². The van der Waals surface area contributed by atoms with E-state index in [4.69, 9.17) is 4.42 Å². The number of aryl methyl sites for hydroxylation is 1. The van der Waals surface area contributed by atoms with Crippen LogP contribution in [0.5, 0.6) is 0 Å². The first-order chi connectivity index (χ1) is 41.1. The smallest absolute Gasteiger partial charge is 0.160 e. The van der Waals surface area contributed by atoms with Crippen molar-refractivity contribution in [1.29, 1.82) is 10.5 Å². The molecule has 0 spiro atoms. The van der Waals surface area contributed by atoms with E-state index in [1.54, 1.807) is 11.3 Å². The van der Waals surface area contributed by atoms with Gasteiger partial charge >= 0.3 is 0 Å². The highest BCUT2D eigenvalue weighted by Crippen LogP contribution is 2.52. The molecule has 0 atom stereocenters. The molecule has 0 saturated heterocycles. The molecule has 83 heavy (non-hydrogen) atoms. The third-order valence-corrected chi connectivity index (χ3v) is 18.7. The third kappa shape index (κ3) is 6.09. The number of benzene rings is 12. The number of rotatable bonds is 5. The highest BCUT2D eigenvalue weighted by molar-refractivity contribution is 7.26. The van der Waals surface area contributed by atoms with E-state index in [9.17, 15) is 10.5 Å². The number of fused-ring (bicyclic) bond motifs is 20.